The summed E-state index contributed by atoms with van der Waals surface area (Å²) >= 11 is 0. The van der Waals surface area contributed by atoms with Crippen LogP contribution in [0.2, 0.25) is 0 Å². The van der Waals surface area contributed by atoms with E-state index < -0.39 is 23.5 Å². The van der Waals surface area contributed by atoms with E-state index in [2.05, 4.69) is 5.32 Å². The Balaban J connectivity index is 2.59. The fourth-order valence-corrected chi connectivity index (χ4v) is 2.55. The summed E-state index contributed by atoms with van der Waals surface area (Å²) in [7, 11) is 0. The maximum absolute atomic E-state index is 14.1. The monoisotopic (exact) mass is 293 g/mol. The number of hydrogen-bond donors (Lipinski definition) is 1. The Labute approximate surface area is 122 Å². The van der Waals surface area contributed by atoms with Gasteiger partial charge in [-0.1, -0.05) is 30.7 Å². The molecule has 0 saturated carbocycles. The topological polar surface area (TPSA) is 12.0 Å². The molecule has 0 amide bonds. The molecule has 0 aliphatic heterocycles. The number of rotatable bonds is 4. The van der Waals surface area contributed by atoms with Crippen molar-refractivity contribution in [2.45, 2.75) is 26.8 Å². The van der Waals surface area contributed by atoms with E-state index in [4.69, 9.17) is 0 Å². The van der Waals surface area contributed by atoms with Gasteiger partial charge in [-0.25, -0.2) is 13.2 Å². The lowest BCUT2D eigenvalue weighted by molar-refractivity contribution is 0.491. The van der Waals surface area contributed by atoms with Crippen molar-refractivity contribution in [1.82, 2.24) is 5.32 Å². The molecule has 2 aromatic carbocycles. The van der Waals surface area contributed by atoms with Crippen molar-refractivity contribution >= 4 is 0 Å². The lowest BCUT2D eigenvalue weighted by atomic mass is 9.93. The average Bonchev–Trinajstić information content (AvgIpc) is 2.37. The molecule has 4 heteroatoms. The molecule has 2 rings (SSSR count). The Bertz CT molecular complexity index is 629. The summed E-state index contributed by atoms with van der Waals surface area (Å²) in [6.45, 7) is 6.24. The molecule has 21 heavy (non-hydrogen) atoms. The van der Waals surface area contributed by atoms with Crippen molar-refractivity contribution in [1.29, 1.82) is 0 Å². The molecule has 0 radical (unpaired) electrons. The molecule has 0 aromatic heterocycles. The Morgan fingerprint density at radius 1 is 1.00 bits per heavy atom. The third-order valence-corrected chi connectivity index (χ3v) is 3.48. The van der Waals surface area contributed by atoms with Crippen molar-refractivity contribution in [3.63, 3.8) is 0 Å². The first kappa shape index (κ1) is 15.6. The van der Waals surface area contributed by atoms with Gasteiger partial charge in [-0.2, -0.15) is 0 Å². The molecule has 1 nitrogen and oxygen atoms in total. The molecule has 0 bridgehead atoms. The van der Waals surface area contributed by atoms with Crippen LogP contribution in [0.15, 0.2) is 30.3 Å². The van der Waals surface area contributed by atoms with Crippen LogP contribution in [0, 0.1) is 31.3 Å². The van der Waals surface area contributed by atoms with E-state index in [1.807, 2.05) is 39.0 Å². The summed E-state index contributed by atoms with van der Waals surface area (Å²) in [5.74, 6) is -2.67. The Kier molecular flexibility index (Phi) is 4.68. The van der Waals surface area contributed by atoms with Gasteiger partial charge in [0, 0.05) is 17.7 Å². The summed E-state index contributed by atoms with van der Waals surface area (Å²) in [5, 5.41) is 3.07. The third kappa shape index (κ3) is 3.27. The minimum Gasteiger partial charge on any atom is -0.306 e. The Hall–Kier alpha value is -1.81. The van der Waals surface area contributed by atoms with Crippen molar-refractivity contribution in [2.24, 2.45) is 0 Å². The van der Waals surface area contributed by atoms with Crippen LogP contribution in [0.25, 0.3) is 0 Å². The molecule has 0 fully saturated rings. The van der Waals surface area contributed by atoms with Gasteiger partial charge in [0.05, 0.1) is 6.04 Å². The number of aryl methyl sites for hydroxylation is 2. The number of nitrogens with one attached hydrogen (secondary N) is 1. The summed E-state index contributed by atoms with van der Waals surface area (Å²) in [6.07, 6.45) is 0. The summed E-state index contributed by atoms with van der Waals surface area (Å²) in [5.41, 5.74) is 2.65. The second-order valence-electron chi connectivity index (χ2n) is 5.13. The normalized spacial score (nSPS) is 12.5. The first-order valence-electron chi connectivity index (χ1n) is 6.89. The fraction of sp³-hybridized carbons (Fsp3) is 0.294. The van der Waals surface area contributed by atoms with Gasteiger partial charge in [-0.3, -0.25) is 0 Å². The van der Waals surface area contributed by atoms with E-state index in [1.54, 1.807) is 0 Å². The molecule has 112 valence electrons. The highest BCUT2D eigenvalue weighted by Gasteiger charge is 2.23. The van der Waals surface area contributed by atoms with Gasteiger partial charge in [-0.05, 0) is 31.5 Å². The molecule has 0 saturated heterocycles. The van der Waals surface area contributed by atoms with Crippen LogP contribution in [-0.2, 0) is 0 Å². The zero-order chi connectivity index (χ0) is 15.6. The SMILES string of the molecule is CCNC(c1ccc(C)cc1C)c1c(F)cc(F)cc1F. The fourth-order valence-electron chi connectivity index (χ4n) is 2.55. The molecule has 0 aliphatic carbocycles. The van der Waals surface area contributed by atoms with Crippen LogP contribution in [0.3, 0.4) is 0 Å². The van der Waals surface area contributed by atoms with E-state index in [1.165, 1.54) is 0 Å². The lowest BCUT2D eigenvalue weighted by Gasteiger charge is -2.22. The molecule has 1 atom stereocenters. The highest BCUT2D eigenvalue weighted by molar-refractivity contribution is 5.40. The van der Waals surface area contributed by atoms with Crippen LogP contribution < -0.4 is 5.32 Å². The number of halogens is 3. The van der Waals surface area contributed by atoms with Crippen LogP contribution in [0.5, 0.6) is 0 Å². The molecule has 2 aromatic rings. The lowest BCUT2D eigenvalue weighted by Crippen LogP contribution is -2.25. The zero-order valence-corrected chi connectivity index (χ0v) is 12.3. The van der Waals surface area contributed by atoms with Gasteiger partial charge in [0.2, 0.25) is 0 Å². The molecular formula is C17H18F3N. The highest BCUT2D eigenvalue weighted by atomic mass is 19.1. The summed E-state index contributed by atoms with van der Waals surface area (Å²) < 4.78 is 41.2. The van der Waals surface area contributed by atoms with Gasteiger partial charge >= 0.3 is 0 Å². The predicted molar refractivity (Wildman–Crippen MR) is 77.8 cm³/mol. The maximum atomic E-state index is 14.1. The van der Waals surface area contributed by atoms with Crippen LogP contribution >= 0.6 is 0 Å². The number of hydrogen-bond acceptors (Lipinski definition) is 1. The standard InChI is InChI=1S/C17H18F3N/c1-4-21-17(13-6-5-10(2)7-11(13)3)16-14(19)8-12(18)9-15(16)20/h5-9,17,21H,4H2,1-3H3. The van der Waals surface area contributed by atoms with Crippen molar-refractivity contribution in [3.8, 4) is 0 Å². The Morgan fingerprint density at radius 3 is 2.14 bits per heavy atom. The quantitative estimate of drug-likeness (QED) is 0.880. The molecule has 0 spiro atoms. The van der Waals surface area contributed by atoms with Crippen molar-refractivity contribution in [3.05, 3.63) is 70.0 Å². The average molecular weight is 293 g/mol. The first-order chi connectivity index (χ1) is 9.93. The summed E-state index contributed by atoms with van der Waals surface area (Å²) in [4.78, 5) is 0. The number of benzene rings is 2. The molecule has 0 heterocycles. The minimum atomic E-state index is -0.912. The van der Waals surface area contributed by atoms with Gasteiger partial charge in [0.25, 0.3) is 0 Å². The smallest absolute Gasteiger partial charge is 0.134 e. The van der Waals surface area contributed by atoms with E-state index in [9.17, 15) is 13.2 Å². The van der Waals surface area contributed by atoms with Crippen LogP contribution in [-0.4, -0.2) is 6.54 Å². The largest absolute Gasteiger partial charge is 0.306 e. The zero-order valence-electron chi connectivity index (χ0n) is 12.3. The van der Waals surface area contributed by atoms with Crippen molar-refractivity contribution in [2.75, 3.05) is 6.54 Å². The second kappa shape index (κ2) is 6.31. The second-order valence-corrected chi connectivity index (χ2v) is 5.13. The predicted octanol–water partition coefficient (Wildman–Crippen LogP) is 4.42. The van der Waals surface area contributed by atoms with E-state index in [0.717, 1.165) is 16.7 Å². The van der Waals surface area contributed by atoms with Crippen LogP contribution in [0.4, 0.5) is 13.2 Å². The first-order valence-corrected chi connectivity index (χ1v) is 6.89. The van der Waals surface area contributed by atoms with Crippen molar-refractivity contribution < 1.29 is 13.2 Å². The van der Waals surface area contributed by atoms with E-state index in [-0.39, 0.29) is 5.56 Å². The van der Waals surface area contributed by atoms with Gasteiger partial charge in [-0.15, -0.1) is 0 Å². The van der Waals surface area contributed by atoms with Gasteiger partial charge in [0.1, 0.15) is 17.5 Å². The molecule has 1 unspecified atom stereocenters. The molecule has 1 N–H and O–H groups in total. The van der Waals surface area contributed by atoms with E-state index in [0.29, 0.717) is 18.7 Å². The molecule has 0 aliphatic rings. The Morgan fingerprint density at radius 2 is 1.62 bits per heavy atom. The molecular weight excluding hydrogens is 275 g/mol. The third-order valence-electron chi connectivity index (χ3n) is 3.48. The van der Waals surface area contributed by atoms with Gasteiger partial charge < -0.3 is 5.32 Å². The highest BCUT2D eigenvalue weighted by Crippen LogP contribution is 2.30. The van der Waals surface area contributed by atoms with Gasteiger partial charge in [0.15, 0.2) is 0 Å². The summed E-state index contributed by atoms with van der Waals surface area (Å²) in [6, 6.07) is 6.49. The van der Waals surface area contributed by atoms with Crippen LogP contribution in [0.1, 0.15) is 35.2 Å². The maximum Gasteiger partial charge on any atom is 0.134 e. The minimum absolute atomic E-state index is 0.148. The van der Waals surface area contributed by atoms with E-state index >= 15 is 0 Å².